The lowest BCUT2D eigenvalue weighted by atomic mass is 9.80. The Hall–Kier alpha value is -1.38. The number of carbonyl (C=O) groups excluding carboxylic acids is 1. The van der Waals surface area contributed by atoms with Gasteiger partial charge in [0, 0.05) is 18.2 Å². The Morgan fingerprint density at radius 3 is 2.71 bits per heavy atom. The molecule has 0 aromatic heterocycles. The number of nitrogens with zero attached hydrogens (tertiary/aromatic N) is 1. The summed E-state index contributed by atoms with van der Waals surface area (Å²) in [4.78, 5) is 13.6. The molecule has 0 spiro atoms. The first kappa shape index (κ1) is 12.1. The van der Waals surface area contributed by atoms with E-state index in [1.807, 2.05) is 0 Å². The summed E-state index contributed by atoms with van der Waals surface area (Å²) in [5, 5.41) is 0. The molecular weight excluding hydrogens is 217 g/mol. The summed E-state index contributed by atoms with van der Waals surface area (Å²) in [6, 6.07) is 4.68. The zero-order chi connectivity index (χ0) is 12.8. The van der Waals surface area contributed by atoms with Gasteiger partial charge in [-0.25, -0.2) is 4.39 Å². The Kier molecular flexibility index (Phi) is 2.72. The average Bonchev–Trinajstić information content (AvgIpc) is 2.17. The fourth-order valence-corrected chi connectivity index (χ4v) is 3.00. The first-order chi connectivity index (χ1) is 7.83. The summed E-state index contributed by atoms with van der Waals surface area (Å²) in [7, 11) is 0. The van der Waals surface area contributed by atoms with E-state index in [9.17, 15) is 9.18 Å². The molecule has 3 heteroatoms. The van der Waals surface area contributed by atoms with Crippen LogP contribution in [-0.4, -0.2) is 11.4 Å². The largest absolute Gasteiger partial charge is 0.307 e. The monoisotopic (exact) mass is 235 g/mol. The molecule has 0 saturated carbocycles. The summed E-state index contributed by atoms with van der Waals surface area (Å²) in [6.45, 7) is 7.75. The van der Waals surface area contributed by atoms with Crippen LogP contribution in [0.1, 0.15) is 45.6 Å². The molecular formula is C14H18FNO. The summed E-state index contributed by atoms with van der Waals surface area (Å²) in [5.74, 6) is 0.0415. The molecule has 1 amide bonds. The molecule has 1 aromatic rings. The fourth-order valence-electron chi connectivity index (χ4n) is 3.00. The molecule has 0 bridgehead atoms. The molecule has 17 heavy (non-hydrogen) atoms. The van der Waals surface area contributed by atoms with Gasteiger partial charge < -0.3 is 4.90 Å². The molecule has 0 aliphatic carbocycles. The average molecular weight is 235 g/mol. The predicted molar refractivity (Wildman–Crippen MR) is 66.7 cm³/mol. The quantitative estimate of drug-likeness (QED) is 0.674. The number of carbonyl (C=O) groups is 1. The van der Waals surface area contributed by atoms with Gasteiger partial charge in [0.15, 0.2) is 0 Å². The third kappa shape index (κ3) is 1.94. The lowest BCUT2D eigenvalue weighted by Crippen LogP contribution is -2.50. The van der Waals surface area contributed by atoms with Gasteiger partial charge >= 0.3 is 0 Å². The van der Waals surface area contributed by atoms with Gasteiger partial charge in [0.05, 0.1) is 0 Å². The molecule has 1 aliphatic rings. The van der Waals surface area contributed by atoms with Gasteiger partial charge in [0.25, 0.3) is 0 Å². The highest BCUT2D eigenvalue weighted by Gasteiger charge is 2.38. The van der Waals surface area contributed by atoms with Crippen LogP contribution in [-0.2, 0) is 4.79 Å². The van der Waals surface area contributed by atoms with Crippen molar-refractivity contribution in [1.82, 2.24) is 0 Å². The molecule has 1 aromatic carbocycles. The first-order valence-electron chi connectivity index (χ1n) is 5.93. The lowest BCUT2D eigenvalue weighted by molar-refractivity contribution is -0.117. The van der Waals surface area contributed by atoms with Crippen LogP contribution in [0.25, 0.3) is 0 Å². The minimum Gasteiger partial charge on any atom is -0.307 e. The Bertz CT molecular complexity index is 467. The second-order valence-corrected chi connectivity index (χ2v) is 5.48. The molecule has 0 fully saturated rings. The normalized spacial score (nSPS) is 22.2. The zero-order valence-electron chi connectivity index (χ0n) is 10.7. The van der Waals surface area contributed by atoms with E-state index in [2.05, 4.69) is 20.8 Å². The van der Waals surface area contributed by atoms with Gasteiger partial charge in [0.2, 0.25) is 5.91 Å². The van der Waals surface area contributed by atoms with Crippen LogP contribution in [0.15, 0.2) is 18.2 Å². The molecule has 1 heterocycles. The highest BCUT2D eigenvalue weighted by atomic mass is 19.1. The number of rotatable bonds is 0. The van der Waals surface area contributed by atoms with Crippen molar-refractivity contribution in [3.63, 3.8) is 0 Å². The van der Waals surface area contributed by atoms with Crippen molar-refractivity contribution in [2.45, 2.75) is 45.6 Å². The molecule has 1 atom stereocenters. The van der Waals surface area contributed by atoms with Gasteiger partial charge in [0.1, 0.15) is 5.82 Å². The molecule has 0 radical (unpaired) electrons. The number of halogens is 1. The SMILES string of the molecule is CC(=O)N1c2ccc(F)cc2[C@H](C)CC1(C)C. The van der Waals surface area contributed by atoms with Gasteiger partial charge in [-0.1, -0.05) is 6.92 Å². The Balaban J connectivity index is 2.61. The van der Waals surface area contributed by atoms with E-state index in [1.165, 1.54) is 6.07 Å². The molecule has 2 nitrogen and oxygen atoms in total. The van der Waals surface area contributed by atoms with Crippen LogP contribution in [0, 0.1) is 5.82 Å². The maximum absolute atomic E-state index is 13.3. The highest BCUT2D eigenvalue weighted by Crippen LogP contribution is 2.43. The van der Waals surface area contributed by atoms with Crippen LogP contribution < -0.4 is 4.90 Å². The van der Waals surface area contributed by atoms with Crippen molar-refractivity contribution < 1.29 is 9.18 Å². The minimum atomic E-state index is -0.237. The van der Waals surface area contributed by atoms with E-state index in [4.69, 9.17) is 0 Å². The summed E-state index contributed by atoms with van der Waals surface area (Å²) in [5.41, 5.74) is 1.57. The predicted octanol–water partition coefficient (Wildman–Crippen LogP) is 3.46. The third-order valence-corrected chi connectivity index (χ3v) is 3.49. The first-order valence-corrected chi connectivity index (χ1v) is 5.93. The lowest BCUT2D eigenvalue weighted by Gasteiger charge is -2.45. The number of hydrogen-bond acceptors (Lipinski definition) is 1. The maximum atomic E-state index is 13.3. The van der Waals surface area contributed by atoms with E-state index < -0.39 is 0 Å². The number of amides is 1. The number of anilines is 1. The number of benzene rings is 1. The number of hydrogen-bond donors (Lipinski definition) is 0. The Labute approximate surface area is 101 Å². The topological polar surface area (TPSA) is 20.3 Å². The molecule has 0 saturated heterocycles. The smallest absolute Gasteiger partial charge is 0.224 e. The molecule has 0 N–H and O–H groups in total. The molecule has 92 valence electrons. The fraction of sp³-hybridized carbons (Fsp3) is 0.500. The molecule has 1 aliphatic heterocycles. The summed E-state index contributed by atoms with van der Waals surface area (Å²) >= 11 is 0. The second kappa shape index (κ2) is 3.83. The van der Waals surface area contributed by atoms with Gasteiger partial charge in [-0.05, 0) is 49.9 Å². The van der Waals surface area contributed by atoms with Crippen LogP contribution >= 0.6 is 0 Å². The van der Waals surface area contributed by atoms with E-state index in [0.717, 1.165) is 17.7 Å². The molecule has 0 unspecified atom stereocenters. The van der Waals surface area contributed by atoms with Gasteiger partial charge in [-0.3, -0.25) is 4.79 Å². The Morgan fingerprint density at radius 2 is 2.12 bits per heavy atom. The highest BCUT2D eigenvalue weighted by molar-refractivity contribution is 5.94. The van der Waals surface area contributed by atoms with Crippen molar-refractivity contribution >= 4 is 11.6 Å². The third-order valence-electron chi connectivity index (χ3n) is 3.49. The van der Waals surface area contributed by atoms with Gasteiger partial charge in [-0.2, -0.15) is 0 Å². The summed E-state index contributed by atoms with van der Waals surface area (Å²) < 4.78 is 13.3. The van der Waals surface area contributed by atoms with Crippen LogP contribution in [0.5, 0.6) is 0 Å². The van der Waals surface area contributed by atoms with Crippen molar-refractivity contribution in [3.8, 4) is 0 Å². The van der Waals surface area contributed by atoms with E-state index in [1.54, 1.807) is 24.0 Å². The van der Waals surface area contributed by atoms with Crippen molar-refractivity contribution in [3.05, 3.63) is 29.6 Å². The van der Waals surface area contributed by atoms with Crippen molar-refractivity contribution in [2.75, 3.05) is 4.90 Å². The van der Waals surface area contributed by atoms with E-state index in [-0.39, 0.29) is 23.2 Å². The summed E-state index contributed by atoms with van der Waals surface area (Å²) in [6.07, 6.45) is 0.850. The minimum absolute atomic E-state index is 0.00904. The maximum Gasteiger partial charge on any atom is 0.224 e. The van der Waals surface area contributed by atoms with Crippen LogP contribution in [0.4, 0.5) is 10.1 Å². The van der Waals surface area contributed by atoms with Crippen molar-refractivity contribution in [2.24, 2.45) is 0 Å². The van der Waals surface area contributed by atoms with Crippen molar-refractivity contribution in [1.29, 1.82) is 0 Å². The van der Waals surface area contributed by atoms with Gasteiger partial charge in [-0.15, -0.1) is 0 Å². The standard InChI is InChI=1S/C14H18FNO/c1-9-8-14(3,4)16(10(2)17)13-6-5-11(15)7-12(9)13/h5-7,9H,8H2,1-4H3/t9-/m1/s1. The number of fused-ring (bicyclic) bond motifs is 1. The zero-order valence-corrected chi connectivity index (χ0v) is 10.7. The van der Waals surface area contributed by atoms with Crippen LogP contribution in [0.3, 0.4) is 0 Å². The Morgan fingerprint density at radius 1 is 1.47 bits per heavy atom. The van der Waals surface area contributed by atoms with Crippen LogP contribution in [0.2, 0.25) is 0 Å². The molecule has 2 rings (SSSR count). The van der Waals surface area contributed by atoms with E-state index >= 15 is 0 Å². The van der Waals surface area contributed by atoms with E-state index in [0.29, 0.717) is 0 Å². The second-order valence-electron chi connectivity index (χ2n) is 5.48.